The highest BCUT2D eigenvalue weighted by molar-refractivity contribution is 5.51. The molecule has 2 N–H and O–H groups in total. The molecule has 1 aliphatic carbocycles. The van der Waals surface area contributed by atoms with Gasteiger partial charge in [0.2, 0.25) is 0 Å². The predicted molar refractivity (Wildman–Crippen MR) is 167 cm³/mol. The number of aryl methyl sites for hydroxylation is 2. The molecule has 6 heteroatoms. The summed E-state index contributed by atoms with van der Waals surface area (Å²) in [4.78, 5) is 4.69. The highest BCUT2D eigenvalue weighted by Crippen LogP contribution is 2.25. The molecule has 1 heterocycles. The summed E-state index contributed by atoms with van der Waals surface area (Å²) in [5.74, 6) is 2.14. The second-order valence-electron chi connectivity index (χ2n) is 11.1. The van der Waals surface area contributed by atoms with E-state index < -0.39 is 0 Å². The van der Waals surface area contributed by atoms with Gasteiger partial charge in [-0.15, -0.1) is 0 Å². The average Bonchev–Trinajstić information content (AvgIpc) is 2.99. The molecule has 0 bridgehead atoms. The minimum Gasteiger partial charge on any atom is -0.508 e. The Bertz CT molecular complexity index is 1160. The number of phenolic OH excluding ortho intramolecular Hbond substituents is 1. The molecule has 6 nitrogen and oxygen atoms in total. The highest BCUT2D eigenvalue weighted by Gasteiger charge is 2.11. The summed E-state index contributed by atoms with van der Waals surface area (Å²) in [5.41, 5.74) is 4.99. The lowest BCUT2D eigenvalue weighted by atomic mass is 9.92. The number of benzene rings is 3. The molecule has 0 unspecified atom stereocenters. The number of ether oxygens (including phenoxy) is 2. The molecule has 1 aliphatic heterocycles. The molecule has 3 aromatic rings. The van der Waals surface area contributed by atoms with Crippen LogP contribution >= 0.6 is 0 Å². The molecule has 5 rings (SSSR count). The average molecular weight is 561 g/mol. The lowest BCUT2D eigenvalue weighted by Gasteiger charge is -2.25. The molecule has 0 saturated carbocycles. The van der Waals surface area contributed by atoms with Gasteiger partial charge in [0.05, 0.1) is 13.7 Å². The van der Waals surface area contributed by atoms with Crippen molar-refractivity contribution in [2.24, 2.45) is 0 Å². The van der Waals surface area contributed by atoms with E-state index in [9.17, 15) is 10.2 Å². The zero-order valence-electron chi connectivity index (χ0n) is 24.8. The van der Waals surface area contributed by atoms with Crippen molar-refractivity contribution in [3.63, 3.8) is 0 Å². The lowest BCUT2D eigenvalue weighted by molar-refractivity contribution is 0.195. The van der Waals surface area contributed by atoms with Gasteiger partial charge in [-0.2, -0.15) is 0 Å². The van der Waals surface area contributed by atoms with Gasteiger partial charge in [-0.3, -0.25) is 4.90 Å². The number of aliphatic hydroxyl groups is 1. The minimum atomic E-state index is 0.106. The molecule has 1 saturated heterocycles. The van der Waals surface area contributed by atoms with Crippen LogP contribution in [-0.2, 0) is 19.4 Å². The largest absolute Gasteiger partial charge is 0.508 e. The third-order valence-electron chi connectivity index (χ3n) is 8.04. The van der Waals surface area contributed by atoms with Crippen LogP contribution in [0.1, 0.15) is 61.6 Å². The van der Waals surface area contributed by atoms with Crippen molar-refractivity contribution in [2.75, 3.05) is 51.4 Å². The van der Waals surface area contributed by atoms with E-state index in [0.29, 0.717) is 12.3 Å². The standard InChI is InChI=1S/C25H36N2O3.C10H12O/c1-29-25-9-7-8-23(20-25)27(16-18-28)21-22-10-12-24(13-11-22)30-19-17-26-14-5-3-2-4-6-15-26;11-10-6-5-8-3-1-2-4-9(8)7-10/h7-13,20,28H,2-6,14-19,21H2,1H3;5-7,11H,1-4H2. The number of hydrogen-bond acceptors (Lipinski definition) is 6. The maximum Gasteiger partial charge on any atom is 0.120 e. The second-order valence-corrected chi connectivity index (χ2v) is 11.1. The number of anilines is 1. The third kappa shape index (κ3) is 10.3. The first-order valence-corrected chi connectivity index (χ1v) is 15.4. The van der Waals surface area contributed by atoms with Crippen molar-refractivity contribution in [2.45, 2.75) is 64.3 Å². The summed E-state index contributed by atoms with van der Waals surface area (Å²) >= 11 is 0. The Labute approximate surface area is 246 Å². The van der Waals surface area contributed by atoms with E-state index in [4.69, 9.17) is 9.47 Å². The van der Waals surface area contributed by atoms with Crippen LogP contribution in [0, 0.1) is 0 Å². The maximum atomic E-state index is 9.49. The van der Waals surface area contributed by atoms with Gasteiger partial charge < -0.3 is 24.6 Å². The summed E-state index contributed by atoms with van der Waals surface area (Å²) in [6.07, 6.45) is 11.7. The van der Waals surface area contributed by atoms with E-state index in [1.165, 1.54) is 81.1 Å². The van der Waals surface area contributed by atoms with Crippen LogP contribution in [0.15, 0.2) is 66.7 Å². The van der Waals surface area contributed by atoms with E-state index in [1.807, 2.05) is 48.5 Å². The molecule has 1 fully saturated rings. The Hall–Kier alpha value is -3.22. The molecule has 0 atom stereocenters. The molecular weight excluding hydrogens is 512 g/mol. The lowest BCUT2D eigenvalue weighted by Crippen LogP contribution is -2.31. The molecule has 0 aromatic heterocycles. The van der Waals surface area contributed by atoms with Crippen molar-refractivity contribution in [3.05, 3.63) is 83.4 Å². The molecule has 0 amide bonds. The highest BCUT2D eigenvalue weighted by atomic mass is 16.5. The Morgan fingerprint density at radius 1 is 0.780 bits per heavy atom. The van der Waals surface area contributed by atoms with Gasteiger partial charge in [0.1, 0.15) is 23.9 Å². The van der Waals surface area contributed by atoms with Crippen LogP contribution in [0.2, 0.25) is 0 Å². The van der Waals surface area contributed by atoms with Crippen LogP contribution in [0.25, 0.3) is 0 Å². The van der Waals surface area contributed by atoms with Gasteiger partial charge in [0.25, 0.3) is 0 Å². The fraction of sp³-hybridized carbons (Fsp3) is 0.486. The fourth-order valence-corrected chi connectivity index (χ4v) is 5.69. The minimum absolute atomic E-state index is 0.106. The number of aliphatic hydroxyl groups excluding tert-OH is 1. The summed E-state index contributed by atoms with van der Waals surface area (Å²) < 4.78 is 11.3. The van der Waals surface area contributed by atoms with Gasteiger partial charge in [-0.05, 0) is 105 Å². The molecule has 0 radical (unpaired) electrons. The van der Waals surface area contributed by atoms with Gasteiger partial charge in [0, 0.05) is 31.4 Å². The predicted octanol–water partition coefficient (Wildman–Crippen LogP) is 6.61. The monoisotopic (exact) mass is 560 g/mol. The van der Waals surface area contributed by atoms with Gasteiger partial charge >= 0.3 is 0 Å². The molecule has 41 heavy (non-hydrogen) atoms. The first-order valence-electron chi connectivity index (χ1n) is 15.4. The van der Waals surface area contributed by atoms with E-state index >= 15 is 0 Å². The third-order valence-corrected chi connectivity index (χ3v) is 8.04. The summed E-state index contributed by atoms with van der Waals surface area (Å²) in [6, 6.07) is 22.0. The van der Waals surface area contributed by atoms with Crippen molar-refractivity contribution >= 4 is 5.69 Å². The van der Waals surface area contributed by atoms with Crippen LogP contribution in [0.5, 0.6) is 17.2 Å². The number of aromatic hydroxyl groups is 1. The first kappa shape index (κ1) is 30.7. The smallest absolute Gasteiger partial charge is 0.120 e. The number of phenols is 1. The number of nitrogens with zero attached hydrogens (tertiary/aromatic N) is 2. The van der Waals surface area contributed by atoms with Crippen LogP contribution < -0.4 is 14.4 Å². The summed E-state index contributed by atoms with van der Waals surface area (Å²) in [6.45, 7) is 5.54. The van der Waals surface area contributed by atoms with E-state index in [1.54, 1.807) is 13.2 Å². The topological polar surface area (TPSA) is 65.4 Å². The second kappa shape index (κ2) is 16.9. The molecule has 2 aliphatic rings. The number of rotatable bonds is 10. The van der Waals surface area contributed by atoms with Gasteiger partial charge in [0.15, 0.2) is 0 Å². The summed E-state index contributed by atoms with van der Waals surface area (Å²) in [5, 5.41) is 18.7. The Morgan fingerprint density at radius 3 is 2.24 bits per heavy atom. The first-order chi connectivity index (χ1) is 20.1. The number of likely N-dealkylation sites (tertiary alicyclic amines) is 1. The number of hydrogen-bond donors (Lipinski definition) is 2. The van der Waals surface area contributed by atoms with Crippen molar-refractivity contribution < 1.29 is 19.7 Å². The molecule has 0 spiro atoms. The number of methoxy groups -OCH3 is 1. The molecule has 222 valence electrons. The fourth-order valence-electron chi connectivity index (χ4n) is 5.69. The zero-order chi connectivity index (χ0) is 28.7. The van der Waals surface area contributed by atoms with Crippen molar-refractivity contribution in [1.82, 2.24) is 4.90 Å². The number of fused-ring (bicyclic) bond motifs is 1. The van der Waals surface area contributed by atoms with Crippen LogP contribution in [0.4, 0.5) is 5.69 Å². The van der Waals surface area contributed by atoms with Crippen molar-refractivity contribution in [1.29, 1.82) is 0 Å². The van der Waals surface area contributed by atoms with Crippen molar-refractivity contribution in [3.8, 4) is 17.2 Å². The normalized spacial score (nSPS) is 15.5. The Balaban J connectivity index is 0.000000291. The molecule has 3 aromatic carbocycles. The molecular formula is C35H48N2O4. The SMILES string of the molecule is COc1cccc(N(CCO)Cc2ccc(OCCN3CCCCCCC3)cc2)c1.Oc1ccc2c(c1)CCCC2. The quantitative estimate of drug-likeness (QED) is 0.291. The zero-order valence-corrected chi connectivity index (χ0v) is 24.8. The Morgan fingerprint density at radius 2 is 1.51 bits per heavy atom. The Kier molecular flexibility index (Phi) is 12.7. The maximum absolute atomic E-state index is 9.49. The van der Waals surface area contributed by atoms with E-state index in [0.717, 1.165) is 43.3 Å². The van der Waals surface area contributed by atoms with E-state index in [-0.39, 0.29) is 6.61 Å². The summed E-state index contributed by atoms with van der Waals surface area (Å²) in [7, 11) is 1.67. The van der Waals surface area contributed by atoms with Crippen LogP contribution in [-0.4, -0.2) is 61.6 Å². The van der Waals surface area contributed by atoms with Crippen LogP contribution in [0.3, 0.4) is 0 Å². The van der Waals surface area contributed by atoms with E-state index in [2.05, 4.69) is 21.9 Å². The van der Waals surface area contributed by atoms with Gasteiger partial charge in [-0.1, -0.05) is 43.5 Å². The van der Waals surface area contributed by atoms with Gasteiger partial charge in [-0.25, -0.2) is 0 Å².